The number of pyridine rings is 1. The molecule has 6 heteroatoms. The summed E-state index contributed by atoms with van der Waals surface area (Å²) in [5.74, 6) is -1.14. The molecule has 0 saturated heterocycles. The van der Waals surface area contributed by atoms with Crippen molar-refractivity contribution in [3.8, 4) is 11.3 Å². The van der Waals surface area contributed by atoms with Crippen molar-refractivity contribution in [1.29, 1.82) is 0 Å². The summed E-state index contributed by atoms with van der Waals surface area (Å²) >= 11 is 0. The number of hydrogen-bond donors (Lipinski definition) is 1. The average molecular weight is 345 g/mol. The molecule has 128 valence electrons. The minimum absolute atomic E-state index is 0.0265. The molecule has 0 aliphatic carbocycles. The van der Waals surface area contributed by atoms with Crippen LogP contribution in [0.15, 0.2) is 42.5 Å². The second kappa shape index (κ2) is 5.88. The molecule has 0 aliphatic heterocycles. The van der Waals surface area contributed by atoms with Crippen LogP contribution in [0.3, 0.4) is 0 Å². The molecular formula is C19H14F3NO2. The lowest BCUT2D eigenvalue weighted by Gasteiger charge is -2.12. The van der Waals surface area contributed by atoms with Crippen molar-refractivity contribution in [3.05, 3.63) is 64.7 Å². The Bertz CT molecular complexity index is 994. The first kappa shape index (κ1) is 17.0. The van der Waals surface area contributed by atoms with Crippen LogP contribution in [0.4, 0.5) is 13.2 Å². The number of fused-ring (bicyclic) bond motifs is 1. The molecule has 1 N–H and O–H groups in total. The first-order valence-electron chi connectivity index (χ1n) is 7.50. The van der Waals surface area contributed by atoms with Crippen LogP contribution < -0.4 is 0 Å². The number of nitrogens with zero attached hydrogens (tertiary/aromatic N) is 1. The number of carbonyl (C=O) groups is 1. The Morgan fingerprint density at radius 3 is 2.36 bits per heavy atom. The summed E-state index contributed by atoms with van der Waals surface area (Å²) in [5.41, 5.74) is 1.64. The third kappa shape index (κ3) is 3.07. The lowest BCUT2D eigenvalue weighted by Crippen LogP contribution is -2.05. The molecule has 0 fully saturated rings. The second-order valence-electron chi connectivity index (χ2n) is 5.86. The molecule has 0 radical (unpaired) electrons. The molecular weight excluding hydrogens is 331 g/mol. The highest BCUT2D eigenvalue weighted by Gasteiger charge is 2.30. The molecule has 1 aromatic heterocycles. The maximum Gasteiger partial charge on any atom is 0.416 e. The molecule has 2 aromatic carbocycles. The third-order valence-electron chi connectivity index (χ3n) is 4.09. The van der Waals surface area contributed by atoms with E-state index in [2.05, 4.69) is 4.98 Å². The fraction of sp³-hybridized carbons (Fsp3) is 0.158. The molecule has 0 unspecified atom stereocenters. The van der Waals surface area contributed by atoms with Crippen LogP contribution in [-0.4, -0.2) is 16.1 Å². The molecule has 0 bridgehead atoms. The van der Waals surface area contributed by atoms with Gasteiger partial charge in [-0.25, -0.2) is 9.78 Å². The minimum Gasteiger partial charge on any atom is -0.478 e. The van der Waals surface area contributed by atoms with Gasteiger partial charge in [0, 0.05) is 10.9 Å². The summed E-state index contributed by atoms with van der Waals surface area (Å²) in [6.07, 6.45) is -4.48. The summed E-state index contributed by atoms with van der Waals surface area (Å²) in [6.45, 7) is 3.57. The summed E-state index contributed by atoms with van der Waals surface area (Å²) in [5, 5.41) is 10.0. The Morgan fingerprint density at radius 1 is 1.04 bits per heavy atom. The van der Waals surface area contributed by atoms with Crippen LogP contribution in [0.5, 0.6) is 0 Å². The monoisotopic (exact) mass is 345 g/mol. The number of aromatic carboxylic acids is 1. The van der Waals surface area contributed by atoms with Crippen LogP contribution in [0.25, 0.3) is 22.2 Å². The molecule has 3 nitrogen and oxygen atoms in total. The van der Waals surface area contributed by atoms with E-state index in [1.807, 2.05) is 6.07 Å². The van der Waals surface area contributed by atoms with Gasteiger partial charge >= 0.3 is 12.1 Å². The Kier molecular flexibility index (Phi) is 3.99. The SMILES string of the molecule is Cc1ccc(C)c2c(C(=O)O)cc(-c3cccc(C(F)(F)F)c3)nc12. The Morgan fingerprint density at radius 2 is 1.72 bits per heavy atom. The number of carboxylic acid groups (broad SMARTS) is 1. The van der Waals surface area contributed by atoms with Gasteiger partial charge in [0.1, 0.15) is 0 Å². The third-order valence-corrected chi connectivity index (χ3v) is 4.09. The maximum absolute atomic E-state index is 12.9. The molecule has 0 atom stereocenters. The Balaban J connectivity index is 2.32. The molecule has 3 rings (SSSR count). The zero-order valence-electron chi connectivity index (χ0n) is 13.5. The summed E-state index contributed by atoms with van der Waals surface area (Å²) < 4.78 is 38.8. The predicted octanol–water partition coefficient (Wildman–Crippen LogP) is 5.24. The zero-order chi connectivity index (χ0) is 18.4. The molecule has 0 amide bonds. The van der Waals surface area contributed by atoms with E-state index in [4.69, 9.17) is 0 Å². The van der Waals surface area contributed by atoms with Gasteiger partial charge in [0.05, 0.1) is 22.3 Å². The minimum atomic E-state index is -4.48. The van der Waals surface area contributed by atoms with E-state index in [1.54, 1.807) is 19.9 Å². The summed E-state index contributed by atoms with van der Waals surface area (Å²) in [7, 11) is 0. The maximum atomic E-state index is 12.9. The van der Waals surface area contributed by atoms with Gasteiger partial charge in [-0.15, -0.1) is 0 Å². The van der Waals surface area contributed by atoms with Gasteiger partial charge in [-0.2, -0.15) is 13.2 Å². The van der Waals surface area contributed by atoms with Crippen LogP contribution in [0.1, 0.15) is 27.0 Å². The fourth-order valence-electron chi connectivity index (χ4n) is 2.81. The number of rotatable bonds is 2. The average Bonchev–Trinajstić information content (AvgIpc) is 2.56. The van der Waals surface area contributed by atoms with E-state index in [9.17, 15) is 23.1 Å². The molecule has 1 heterocycles. The number of carboxylic acids is 1. The molecule has 0 aliphatic rings. The smallest absolute Gasteiger partial charge is 0.416 e. The van der Waals surface area contributed by atoms with Gasteiger partial charge in [0.15, 0.2) is 0 Å². The van der Waals surface area contributed by atoms with E-state index in [-0.39, 0.29) is 16.8 Å². The van der Waals surface area contributed by atoms with E-state index < -0.39 is 17.7 Å². The highest BCUT2D eigenvalue weighted by molar-refractivity contribution is 6.05. The van der Waals surface area contributed by atoms with Crippen molar-refractivity contribution < 1.29 is 23.1 Å². The first-order valence-corrected chi connectivity index (χ1v) is 7.50. The Hall–Kier alpha value is -2.89. The van der Waals surface area contributed by atoms with Crippen molar-refractivity contribution in [3.63, 3.8) is 0 Å². The standard InChI is InChI=1S/C19H14F3NO2/c1-10-6-7-11(2)17-16(10)14(18(24)25)9-15(23-17)12-4-3-5-13(8-12)19(20,21)22/h3-9H,1-2H3,(H,24,25). The number of benzene rings is 2. The van der Waals surface area contributed by atoms with Crippen LogP contribution in [-0.2, 0) is 6.18 Å². The van der Waals surface area contributed by atoms with E-state index >= 15 is 0 Å². The quantitative estimate of drug-likeness (QED) is 0.691. The fourth-order valence-corrected chi connectivity index (χ4v) is 2.81. The van der Waals surface area contributed by atoms with Gasteiger partial charge < -0.3 is 5.11 Å². The Labute approximate surface area is 141 Å². The van der Waals surface area contributed by atoms with Crippen molar-refractivity contribution in [2.75, 3.05) is 0 Å². The summed E-state index contributed by atoms with van der Waals surface area (Å²) in [4.78, 5) is 16.1. The molecule has 3 aromatic rings. The van der Waals surface area contributed by atoms with Crippen molar-refractivity contribution in [2.24, 2.45) is 0 Å². The highest BCUT2D eigenvalue weighted by Crippen LogP contribution is 2.33. The van der Waals surface area contributed by atoms with Gasteiger partial charge in [-0.1, -0.05) is 24.3 Å². The summed E-state index contributed by atoms with van der Waals surface area (Å²) in [6, 6.07) is 9.66. The van der Waals surface area contributed by atoms with Crippen molar-refractivity contribution >= 4 is 16.9 Å². The van der Waals surface area contributed by atoms with E-state index in [0.717, 1.165) is 23.3 Å². The zero-order valence-corrected chi connectivity index (χ0v) is 13.5. The second-order valence-corrected chi connectivity index (χ2v) is 5.86. The van der Waals surface area contributed by atoms with E-state index in [1.165, 1.54) is 18.2 Å². The predicted molar refractivity (Wildman–Crippen MR) is 88.6 cm³/mol. The van der Waals surface area contributed by atoms with Crippen molar-refractivity contribution in [2.45, 2.75) is 20.0 Å². The van der Waals surface area contributed by atoms with Crippen LogP contribution >= 0.6 is 0 Å². The largest absolute Gasteiger partial charge is 0.478 e. The highest BCUT2D eigenvalue weighted by atomic mass is 19.4. The van der Waals surface area contributed by atoms with Gasteiger partial charge in [-0.05, 0) is 43.2 Å². The van der Waals surface area contributed by atoms with Gasteiger partial charge in [0.25, 0.3) is 0 Å². The first-order chi connectivity index (χ1) is 11.7. The number of alkyl halides is 3. The van der Waals surface area contributed by atoms with Crippen molar-refractivity contribution in [1.82, 2.24) is 4.98 Å². The number of halogens is 3. The molecule has 25 heavy (non-hydrogen) atoms. The number of aromatic nitrogens is 1. The topological polar surface area (TPSA) is 50.2 Å². The van der Waals surface area contributed by atoms with Crippen LogP contribution in [0.2, 0.25) is 0 Å². The normalized spacial score (nSPS) is 11.7. The lowest BCUT2D eigenvalue weighted by atomic mass is 9.98. The van der Waals surface area contributed by atoms with E-state index in [0.29, 0.717) is 10.9 Å². The number of hydrogen-bond acceptors (Lipinski definition) is 2. The molecule has 0 spiro atoms. The lowest BCUT2D eigenvalue weighted by molar-refractivity contribution is -0.137. The number of aryl methyl sites for hydroxylation is 2. The van der Waals surface area contributed by atoms with Crippen LogP contribution in [0, 0.1) is 13.8 Å². The van der Waals surface area contributed by atoms with Gasteiger partial charge in [-0.3, -0.25) is 0 Å². The van der Waals surface area contributed by atoms with Gasteiger partial charge in [0.2, 0.25) is 0 Å². The molecule has 0 saturated carbocycles.